The van der Waals surface area contributed by atoms with E-state index >= 15 is 0 Å². The molecule has 0 fully saturated rings. The van der Waals surface area contributed by atoms with E-state index in [1.165, 1.54) is 61.3 Å². The summed E-state index contributed by atoms with van der Waals surface area (Å²) in [4.78, 5) is 2.46. The minimum atomic E-state index is -0.111. The number of nitrogens with zero attached hydrogens (tertiary/aromatic N) is 1. The number of hydrogen-bond acceptors (Lipinski definition) is 2. The SMILES string of the molecule is CC1(C)c2ccccc2-c2c(-c3ccc(N(c4cccc(-c5ccc6oc7ccccc7c6c5)c4)c4cccc5c4-c4ccccc4C5(C)C)cc3)cccc21. The van der Waals surface area contributed by atoms with Crippen LogP contribution in [-0.2, 0) is 10.8 Å². The highest BCUT2D eigenvalue weighted by atomic mass is 16.3. The van der Waals surface area contributed by atoms with Crippen molar-refractivity contribution in [1.29, 1.82) is 0 Å². The first kappa shape index (κ1) is 32.8. The Labute approximate surface area is 328 Å². The van der Waals surface area contributed by atoms with Crippen LogP contribution in [0.2, 0.25) is 0 Å². The fraction of sp³-hybridized carbons (Fsp3) is 0.111. The van der Waals surface area contributed by atoms with Gasteiger partial charge in [0.15, 0.2) is 0 Å². The van der Waals surface area contributed by atoms with E-state index in [0.717, 1.165) is 44.4 Å². The largest absolute Gasteiger partial charge is 0.456 e. The van der Waals surface area contributed by atoms with Crippen molar-refractivity contribution in [2.24, 2.45) is 0 Å². The molecule has 11 rings (SSSR count). The Balaban J connectivity index is 1.09. The molecule has 2 nitrogen and oxygen atoms in total. The van der Waals surface area contributed by atoms with Gasteiger partial charge >= 0.3 is 0 Å². The number of anilines is 3. The molecule has 8 aromatic carbocycles. The maximum absolute atomic E-state index is 6.19. The molecule has 1 aromatic heterocycles. The van der Waals surface area contributed by atoms with Gasteiger partial charge in [0.1, 0.15) is 11.2 Å². The molecule has 2 heteroatoms. The third-order valence-corrected chi connectivity index (χ3v) is 12.7. The van der Waals surface area contributed by atoms with Crippen LogP contribution in [0.3, 0.4) is 0 Å². The lowest BCUT2D eigenvalue weighted by Crippen LogP contribution is -2.16. The third-order valence-electron chi connectivity index (χ3n) is 12.7. The van der Waals surface area contributed by atoms with Crippen LogP contribution in [0.4, 0.5) is 17.1 Å². The van der Waals surface area contributed by atoms with Gasteiger partial charge in [-0.25, -0.2) is 0 Å². The highest BCUT2D eigenvalue weighted by Crippen LogP contribution is 2.55. The highest BCUT2D eigenvalue weighted by Gasteiger charge is 2.38. The third kappa shape index (κ3) is 4.69. The summed E-state index contributed by atoms with van der Waals surface area (Å²) in [7, 11) is 0. The van der Waals surface area contributed by atoms with E-state index < -0.39 is 0 Å². The van der Waals surface area contributed by atoms with Crippen molar-refractivity contribution in [3.8, 4) is 44.5 Å². The van der Waals surface area contributed by atoms with Gasteiger partial charge in [-0.05, 0) is 110 Å². The van der Waals surface area contributed by atoms with Crippen LogP contribution in [0.15, 0.2) is 180 Å². The first-order valence-corrected chi connectivity index (χ1v) is 19.7. The molecule has 56 heavy (non-hydrogen) atoms. The summed E-state index contributed by atoms with van der Waals surface area (Å²) in [5, 5.41) is 2.27. The minimum absolute atomic E-state index is 0.0450. The normalized spacial score (nSPS) is 14.4. The molecule has 0 saturated heterocycles. The predicted octanol–water partition coefficient (Wildman–Crippen LogP) is 15.0. The van der Waals surface area contributed by atoms with E-state index in [1.807, 2.05) is 12.1 Å². The summed E-state index contributed by atoms with van der Waals surface area (Å²) >= 11 is 0. The van der Waals surface area contributed by atoms with E-state index in [1.54, 1.807) is 0 Å². The molecule has 0 spiro atoms. The number of fused-ring (bicyclic) bond motifs is 9. The molecule has 0 aliphatic heterocycles. The fourth-order valence-electron chi connectivity index (χ4n) is 9.86. The van der Waals surface area contributed by atoms with Gasteiger partial charge in [0, 0.05) is 38.5 Å². The summed E-state index contributed by atoms with van der Waals surface area (Å²) in [6.07, 6.45) is 0. The average Bonchev–Trinajstić information content (AvgIpc) is 3.81. The smallest absolute Gasteiger partial charge is 0.135 e. The summed E-state index contributed by atoms with van der Waals surface area (Å²) in [5.41, 5.74) is 20.7. The average molecular weight is 720 g/mol. The van der Waals surface area contributed by atoms with Crippen LogP contribution >= 0.6 is 0 Å². The molecule has 0 atom stereocenters. The summed E-state index contributed by atoms with van der Waals surface area (Å²) in [5.74, 6) is 0. The lowest BCUT2D eigenvalue weighted by atomic mass is 9.82. The number of rotatable bonds is 5. The number of hydrogen-bond donors (Lipinski definition) is 0. The molecule has 2 aliphatic carbocycles. The summed E-state index contributed by atoms with van der Waals surface area (Å²) < 4.78 is 6.19. The monoisotopic (exact) mass is 719 g/mol. The van der Waals surface area contributed by atoms with Gasteiger partial charge in [0.2, 0.25) is 0 Å². The van der Waals surface area contributed by atoms with E-state index in [0.29, 0.717) is 0 Å². The standard InChI is InChI=1S/C54H41NO/c1-53(2)44-20-8-5-17-41(44)51-39(19-12-22-46(51)53)34-26-29-37(30-27-34)55(48-24-13-23-47-52(48)42-18-6-9-21-45(42)54(47,3)4)38-15-11-14-35(32-38)36-28-31-50-43(33-36)40-16-7-10-25-49(40)56-50/h5-33H,1-4H3. The van der Waals surface area contributed by atoms with Crippen LogP contribution in [0.1, 0.15) is 49.9 Å². The van der Waals surface area contributed by atoms with Crippen molar-refractivity contribution >= 4 is 39.0 Å². The van der Waals surface area contributed by atoms with Crippen LogP contribution in [0.5, 0.6) is 0 Å². The van der Waals surface area contributed by atoms with Crippen molar-refractivity contribution in [3.63, 3.8) is 0 Å². The van der Waals surface area contributed by atoms with Gasteiger partial charge in [0.05, 0.1) is 5.69 Å². The van der Waals surface area contributed by atoms with Crippen molar-refractivity contribution < 1.29 is 4.42 Å². The Hall–Kier alpha value is -6.64. The van der Waals surface area contributed by atoms with Gasteiger partial charge < -0.3 is 9.32 Å². The molecule has 0 radical (unpaired) electrons. The minimum Gasteiger partial charge on any atom is -0.456 e. The highest BCUT2D eigenvalue weighted by molar-refractivity contribution is 6.06. The van der Waals surface area contributed by atoms with Crippen LogP contribution < -0.4 is 4.90 Å². The van der Waals surface area contributed by atoms with E-state index in [9.17, 15) is 0 Å². The Morgan fingerprint density at radius 2 is 0.929 bits per heavy atom. The topological polar surface area (TPSA) is 16.4 Å². The molecular formula is C54H41NO. The Morgan fingerprint density at radius 3 is 1.70 bits per heavy atom. The van der Waals surface area contributed by atoms with E-state index in [2.05, 4.69) is 196 Å². The van der Waals surface area contributed by atoms with Crippen molar-refractivity contribution in [3.05, 3.63) is 198 Å². The second-order valence-electron chi connectivity index (χ2n) is 16.5. The molecule has 0 bridgehead atoms. The van der Waals surface area contributed by atoms with Crippen molar-refractivity contribution in [1.82, 2.24) is 0 Å². The predicted molar refractivity (Wildman–Crippen MR) is 234 cm³/mol. The first-order valence-electron chi connectivity index (χ1n) is 19.7. The zero-order valence-electron chi connectivity index (χ0n) is 32.1. The van der Waals surface area contributed by atoms with Gasteiger partial charge in [0.25, 0.3) is 0 Å². The van der Waals surface area contributed by atoms with E-state index in [4.69, 9.17) is 4.42 Å². The number of furan rings is 1. The lowest BCUT2D eigenvalue weighted by Gasteiger charge is -2.29. The molecule has 0 amide bonds. The van der Waals surface area contributed by atoms with Gasteiger partial charge in [-0.1, -0.05) is 155 Å². The van der Waals surface area contributed by atoms with Crippen LogP contribution in [0.25, 0.3) is 66.4 Å². The van der Waals surface area contributed by atoms with Gasteiger partial charge in [-0.15, -0.1) is 0 Å². The molecular weight excluding hydrogens is 679 g/mol. The number of benzene rings is 8. The molecule has 0 N–H and O–H groups in total. The second kappa shape index (κ2) is 11.9. The van der Waals surface area contributed by atoms with Crippen LogP contribution in [-0.4, -0.2) is 0 Å². The molecule has 268 valence electrons. The molecule has 9 aromatic rings. The fourth-order valence-corrected chi connectivity index (χ4v) is 9.86. The number of para-hydroxylation sites is 1. The van der Waals surface area contributed by atoms with Gasteiger partial charge in [-0.2, -0.15) is 0 Å². The Bertz CT molecular complexity index is 3030. The van der Waals surface area contributed by atoms with Crippen molar-refractivity contribution in [2.45, 2.75) is 38.5 Å². The summed E-state index contributed by atoms with van der Waals surface area (Å²) in [6.45, 7) is 9.41. The summed E-state index contributed by atoms with van der Waals surface area (Å²) in [6, 6.07) is 64.6. The van der Waals surface area contributed by atoms with E-state index in [-0.39, 0.29) is 10.8 Å². The van der Waals surface area contributed by atoms with Crippen molar-refractivity contribution in [2.75, 3.05) is 4.90 Å². The lowest BCUT2D eigenvalue weighted by molar-refractivity contribution is 0.660. The maximum Gasteiger partial charge on any atom is 0.135 e. The zero-order valence-corrected chi connectivity index (χ0v) is 32.1. The molecule has 1 heterocycles. The molecule has 2 aliphatic rings. The zero-order chi connectivity index (χ0) is 37.8. The molecule has 0 unspecified atom stereocenters. The second-order valence-corrected chi connectivity index (χ2v) is 16.5. The molecule has 0 saturated carbocycles. The Morgan fingerprint density at radius 1 is 0.375 bits per heavy atom. The Kier molecular flexibility index (Phi) is 6.98. The van der Waals surface area contributed by atoms with Crippen LogP contribution in [0, 0.1) is 0 Å². The first-order chi connectivity index (χ1) is 27.3. The quantitative estimate of drug-likeness (QED) is 0.176. The maximum atomic E-state index is 6.19. The van der Waals surface area contributed by atoms with Gasteiger partial charge in [-0.3, -0.25) is 0 Å².